The molecule has 2 aromatic heterocycles. The molecular formula is C10H12N6O2S. The fourth-order valence-electron chi connectivity index (χ4n) is 1.44. The maximum absolute atomic E-state index is 11.2. The van der Waals surface area contributed by atoms with E-state index in [1.165, 1.54) is 16.3 Å². The molecule has 2 heterocycles. The molecule has 4 N–H and O–H groups in total. The molecule has 0 unspecified atom stereocenters. The Labute approximate surface area is 112 Å². The van der Waals surface area contributed by atoms with Crippen molar-refractivity contribution in [2.24, 2.45) is 17.9 Å². The molecule has 0 aliphatic carbocycles. The first-order valence-corrected chi connectivity index (χ1v) is 6.28. The number of aromatic nitrogens is 4. The second-order valence-corrected chi connectivity index (χ2v) is 4.60. The van der Waals surface area contributed by atoms with Crippen LogP contribution in [0.4, 0.5) is 0 Å². The highest BCUT2D eigenvalue weighted by Gasteiger charge is 2.11. The molecule has 0 aromatic carbocycles. The van der Waals surface area contributed by atoms with Gasteiger partial charge in [0.05, 0.1) is 0 Å². The summed E-state index contributed by atoms with van der Waals surface area (Å²) in [7, 11) is 1.63. The monoisotopic (exact) mass is 280 g/mol. The normalized spacial score (nSPS) is 11.7. The van der Waals surface area contributed by atoms with E-state index >= 15 is 0 Å². The summed E-state index contributed by atoms with van der Waals surface area (Å²) in [5, 5.41) is 18.4. The Morgan fingerprint density at radius 3 is 3.11 bits per heavy atom. The van der Waals surface area contributed by atoms with Gasteiger partial charge in [-0.15, -0.1) is 5.10 Å². The Morgan fingerprint density at radius 1 is 1.68 bits per heavy atom. The number of H-pyrrole nitrogens is 1. The predicted molar refractivity (Wildman–Crippen MR) is 70.1 cm³/mol. The quantitative estimate of drug-likeness (QED) is 0.236. The molecule has 100 valence electrons. The van der Waals surface area contributed by atoms with Crippen molar-refractivity contribution >= 4 is 17.6 Å². The van der Waals surface area contributed by atoms with Crippen molar-refractivity contribution in [3.8, 4) is 0 Å². The molecule has 0 fully saturated rings. The Balaban J connectivity index is 2.20. The van der Waals surface area contributed by atoms with Gasteiger partial charge >= 0.3 is 5.69 Å². The Morgan fingerprint density at radius 2 is 2.47 bits per heavy atom. The van der Waals surface area contributed by atoms with E-state index in [1.807, 2.05) is 6.07 Å². The van der Waals surface area contributed by atoms with Crippen LogP contribution in [0.1, 0.15) is 11.3 Å². The molecular weight excluding hydrogens is 268 g/mol. The summed E-state index contributed by atoms with van der Waals surface area (Å²) in [4.78, 5) is 15.3. The van der Waals surface area contributed by atoms with E-state index in [0.717, 1.165) is 5.56 Å². The van der Waals surface area contributed by atoms with E-state index in [0.29, 0.717) is 16.6 Å². The first-order chi connectivity index (χ1) is 9.13. The maximum Gasteiger partial charge on any atom is 0.343 e. The fourth-order valence-corrected chi connectivity index (χ4v) is 2.34. The highest BCUT2D eigenvalue weighted by molar-refractivity contribution is 7.98. The Kier molecular flexibility index (Phi) is 3.85. The number of aromatic amines is 1. The summed E-state index contributed by atoms with van der Waals surface area (Å²) in [6, 6.07) is 3.58. The van der Waals surface area contributed by atoms with Crippen molar-refractivity contribution < 1.29 is 5.21 Å². The Hall–Kier alpha value is -2.29. The molecule has 0 spiro atoms. The molecule has 2 rings (SSSR count). The second-order valence-electron chi connectivity index (χ2n) is 3.66. The van der Waals surface area contributed by atoms with Crippen molar-refractivity contribution in [3.05, 3.63) is 40.1 Å². The van der Waals surface area contributed by atoms with Crippen molar-refractivity contribution in [2.75, 3.05) is 0 Å². The number of nitrogens with zero attached hydrogens (tertiary/aromatic N) is 4. The minimum atomic E-state index is -0.273. The summed E-state index contributed by atoms with van der Waals surface area (Å²) in [5.74, 6) is 0.449. The van der Waals surface area contributed by atoms with E-state index in [-0.39, 0.29) is 11.5 Å². The van der Waals surface area contributed by atoms with Crippen LogP contribution < -0.4 is 11.4 Å². The molecule has 0 bridgehead atoms. The maximum atomic E-state index is 11.2. The number of nitrogens with one attached hydrogen (secondary N) is 1. The predicted octanol–water partition coefficient (Wildman–Crippen LogP) is -0.110. The number of hydrogen-bond donors (Lipinski definition) is 3. The fraction of sp³-hybridized carbons (Fsp3) is 0.200. The number of nitrogens with two attached hydrogens (primary N) is 1. The van der Waals surface area contributed by atoms with Crippen LogP contribution in [0.2, 0.25) is 0 Å². The molecule has 0 atom stereocenters. The number of thioether (sulfide) groups is 1. The van der Waals surface area contributed by atoms with Crippen LogP contribution in [0.3, 0.4) is 0 Å². The number of oxime groups is 1. The first kappa shape index (κ1) is 13.1. The third kappa shape index (κ3) is 2.76. The highest BCUT2D eigenvalue weighted by atomic mass is 32.2. The number of amidine groups is 1. The zero-order chi connectivity index (χ0) is 13.8. The van der Waals surface area contributed by atoms with Crippen LogP contribution in [0.15, 0.2) is 33.4 Å². The van der Waals surface area contributed by atoms with Gasteiger partial charge in [0, 0.05) is 19.0 Å². The lowest BCUT2D eigenvalue weighted by atomic mass is 10.2. The zero-order valence-electron chi connectivity index (χ0n) is 10.1. The third-order valence-corrected chi connectivity index (χ3v) is 3.52. The zero-order valence-corrected chi connectivity index (χ0v) is 10.9. The van der Waals surface area contributed by atoms with Gasteiger partial charge in [-0.25, -0.2) is 9.89 Å². The summed E-state index contributed by atoms with van der Waals surface area (Å²) in [5.41, 5.74) is 6.48. The van der Waals surface area contributed by atoms with Gasteiger partial charge in [-0.3, -0.25) is 9.55 Å². The SMILES string of the molecule is Cn1c(SCc2cccnc2C(N)=NO)n[nH]c1=O. The summed E-state index contributed by atoms with van der Waals surface area (Å²) < 4.78 is 1.41. The smallest absolute Gasteiger partial charge is 0.343 e. The highest BCUT2D eigenvalue weighted by Crippen LogP contribution is 2.20. The molecule has 0 aliphatic rings. The standard InChI is InChI=1S/C10H12N6O2S/c1-16-9(17)13-14-10(16)19-5-6-3-2-4-12-7(6)8(11)15-18/h2-4,18H,5H2,1H3,(H2,11,15)(H,13,17). The Bertz CT molecular complexity index is 662. The van der Waals surface area contributed by atoms with Gasteiger partial charge in [0.25, 0.3) is 0 Å². The summed E-state index contributed by atoms with van der Waals surface area (Å²) in [6.45, 7) is 0. The molecule has 0 aliphatic heterocycles. The van der Waals surface area contributed by atoms with Crippen LogP contribution >= 0.6 is 11.8 Å². The largest absolute Gasteiger partial charge is 0.409 e. The van der Waals surface area contributed by atoms with E-state index in [9.17, 15) is 4.79 Å². The molecule has 9 heteroatoms. The molecule has 0 radical (unpaired) electrons. The van der Waals surface area contributed by atoms with E-state index in [2.05, 4.69) is 20.3 Å². The van der Waals surface area contributed by atoms with Gasteiger partial charge in [-0.05, 0) is 11.6 Å². The van der Waals surface area contributed by atoms with Crippen molar-refractivity contribution in [2.45, 2.75) is 10.9 Å². The minimum absolute atomic E-state index is 0.0490. The average Bonchev–Trinajstić information content (AvgIpc) is 2.76. The lowest BCUT2D eigenvalue weighted by Crippen LogP contribution is -2.17. The van der Waals surface area contributed by atoms with E-state index in [4.69, 9.17) is 10.9 Å². The second kappa shape index (κ2) is 5.57. The molecule has 8 nitrogen and oxygen atoms in total. The van der Waals surface area contributed by atoms with Crippen LogP contribution in [0, 0.1) is 0 Å². The van der Waals surface area contributed by atoms with E-state index < -0.39 is 0 Å². The summed E-state index contributed by atoms with van der Waals surface area (Å²) >= 11 is 1.35. The lowest BCUT2D eigenvalue weighted by Gasteiger charge is -2.06. The van der Waals surface area contributed by atoms with Crippen LogP contribution in [-0.4, -0.2) is 30.8 Å². The van der Waals surface area contributed by atoms with Crippen molar-refractivity contribution in [3.63, 3.8) is 0 Å². The molecule has 19 heavy (non-hydrogen) atoms. The third-order valence-electron chi connectivity index (χ3n) is 2.44. The topological polar surface area (TPSA) is 122 Å². The molecule has 0 saturated heterocycles. The molecule has 0 saturated carbocycles. The van der Waals surface area contributed by atoms with Gasteiger partial charge in [-0.2, -0.15) is 0 Å². The van der Waals surface area contributed by atoms with Gasteiger partial charge < -0.3 is 10.9 Å². The van der Waals surface area contributed by atoms with Crippen molar-refractivity contribution in [1.82, 2.24) is 19.7 Å². The number of pyridine rings is 1. The van der Waals surface area contributed by atoms with Crippen LogP contribution in [0.25, 0.3) is 0 Å². The first-order valence-electron chi connectivity index (χ1n) is 5.29. The van der Waals surface area contributed by atoms with Gasteiger partial charge in [0.2, 0.25) is 0 Å². The lowest BCUT2D eigenvalue weighted by molar-refractivity contribution is 0.318. The van der Waals surface area contributed by atoms with E-state index in [1.54, 1.807) is 19.3 Å². The number of rotatable bonds is 4. The van der Waals surface area contributed by atoms with Gasteiger partial charge in [-0.1, -0.05) is 23.0 Å². The average molecular weight is 280 g/mol. The number of hydrogen-bond acceptors (Lipinski definition) is 6. The summed E-state index contributed by atoms with van der Waals surface area (Å²) in [6.07, 6.45) is 1.56. The molecule has 2 aromatic rings. The van der Waals surface area contributed by atoms with Crippen LogP contribution in [-0.2, 0) is 12.8 Å². The molecule has 0 amide bonds. The van der Waals surface area contributed by atoms with Crippen molar-refractivity contribution in [1.29, 1.82) is 0 Å². The van der Waals surface area contributed by atoms with Gasteiger partial charge in [0.15, 0.2) is 11.0 Å². The van der Waals surface area contributed by atoms with Crippen LogP contribution in [0.5, 0.6) is 0 Å². The minimum Gasteiger partial charge on any atom is -0.409 e. The van der Waals surface area contributed by atoms with Gasteiger partial charge in [0.1, 0.15) is 5.69 Å².